The number of H-pyrrole nitrogens is 1. The first-order valence-corrected chi connectivity index (χ1v) is 15.3. The van der Waals surface area contributed by atoms with Gasteiger partial charge in [-0.05, 0) is 38.5 Å². The largest absolute Gasteiger partial charge is 0.480 e. The number of carbonyl (C=O) groups excluding carboxylic acids is 5. The number of hydrogen-bond acceptors (Lipinski definition) is 10. The van der Waals surface area contributed by atoms with Gasteiger partial charge in [0.1, 0.15) is 24.2 Å². The molecule has 1 aliphatic rings. The van der Waals surface area contributed by atoms with Crippen LogP contribution in [0.3, 0.4) is 0 Å². The number of aromatic nitrogens is 2. The van der Waals surface area contributed by atoms with Crippen LogP contribution < -0.4 is 49.9 Å². The Labute approximate surface area is 276 Å². The summed E-state index contributed by atoms with van der Waals surface area (Å²) in [4.78, 5) is 92.2. The van der Waals surface area contributed by atoms with Gasteiger partial charge in [-0.2, -0.15) is 0 Å². The van der Waals surface area contributed by atoms with Crippen molar-refractivity contribution in [3.63, 3.8) is 0 Å². The summed E-state index contributed by atoms with van der Waals surface area (Å²) in [7, 11) is 0. The summed E-state index contributed by atoms with van der Waals surface area (Å²) in [6.07, 6.45) is 4.41. The number of carbonyl (C=O) groups is 6. The Morgan fingerprint density at radius 1 is 0.938 bits per heavy atom. The van der Waals surface area contributed by atoms with Crippen LogP contribution in [0.5, 0.6) is 0 Å². The molecule has 1 saturated heterocycles. The molecule has 16 N–H and O–H groups in total. The summed E-state index contributed by atoms with van der Waals surface area (Å²) >= 11 is 0. The van der Waals surface area contributed by atoms with E-state index in [1.807, 2.05) is 0 Å². The molecule has 0 bridgehead atoms. The third-order valence-electron chi connectivity index (χ3n) is 7.22. The zero-order valence-corrected chi connectivity index (χ0v) is 26.5. The molecule has 2 heterocycles. The molecule has 2 rings (SSSR count). The van der Waals surface area contributed by atoms with Gasteiger partial charge in [0, 0.05) is 37.9 Å². The first kappa shape index (κ1) is 38.7. The van der Waals surface area contributed by atoms with Crippen molar-refractivity contribution in [3.8, 4) is 0 Å². The smallest absolute Gasteiger partial charge is 0.326 e. The number of nitrogens with one attached hydrogen (secondary N) is 5. The van der Waals surface area contributed by atoms with Gasteiger partial charge in [0.05, 0.1) is 19.4 Å². The second-order valence-corrected chi connectivity index (χ2v) is 10.9. The molecule has 0 saturated carbocycles. The van der Waals surface area contributed by atoms with Crippen LogP contribution in [-0.2, 0) is 35.2 Å². The standard InChI is InChI=1S/C27H46N14O7/c28-11-20(42)39-18(10-15-12-33-14-37-15)24(46)41-9-3-6-19(41)23(45)36-13-21(43)38-16(4-1-7-34-26(29)30)22(44)40-17(25(47)48)5-2-8-35-27(31)32/h12,14,16-19H,1-11,13,28H2,(H,33,37)(H,36,45)(H,38,43)(H,39,42)(H,40,44)(H,47,48)(H4,29,30,34)(H4,31,32,35)/t16-,17-,18-,19-/m0/s1. The highest BCUT2D eigenvalue weighted by atomic mass is 16.4. The van der Waals surface area contributed by atoms with E-state index < -0.39 is 66.2 Å². The number of rotatable bonds is 20. The predicted molar refractivity (Wildman–Crippen MR) is 172 cm³/mol. The van der Waals surface area contributed by atoms with E-state index in [4.69, 9.17) is 28.7 Å². The number of carboxylic acid groups (broad SMARTS) is 1. The fraction of sp³-hybridized carbons (Fsp3) is 0.593. The van der Waals surface area contributed by atoms with Crippen LogP contribution in [0.2, 0.25) is 0 Å². The molecule has 0 unspecified atom stereocenters. The van der Waals surface area contributed by atoms with Gasteiger partial charge in [0.15, 0.2) is 11.9 Å². The van der Waals surface area contributed by atoms with E-state index in [1.54, 1.807) is 0 Å². The average Bonchev–Trinajstić information content (AvgIpc) is 3.74. The number of nitrogens with zero attached hydrogens (tertiary/aromatic N) is 4. The molecular formula is C27H46N14O7. The fourth-order valence-electron chi connectivity index (χ4n) is 4.91. The fourth-order valence-corrected chi connectivity index (χ4v) is 4.91. The second kappa shape index (κ2) is 19.9. The van der Waals surface area contributed by atoms with Crippen molar-refractivity contribution >= 4 is 47.4 Å². The molecule has 0 radical (unpaired) electrons. The number of guanidine groups is 2. The Kier molecular flexibility index (Phi) is 16.1. The van der Waals surface area contributed by atoms with Crippen molar-refractivity contribution < 1.29 is 33.9 Å². The zero-order valence-electron chi connectivity index (χ0n) is 26.5. The SMILES string of the molecule is NCC(=O)N[C@@H](Cc1cnc[nH]1)C(=O)N1CCC[C@H]1C(=O)NCC(=O)N[C@@H](CCCN=C(N)N)C(=O)N[C@@H](CCCN=C(N)N)C(=O)O. The molecule has 1 aromatic rings. The predicted octanol–water partition coefficient (Wildman–Crippen LogP) is -5.34. The maximum Gasteiger partial charge on any atom is 0.326 e. The van der Waals surface area contributed by atoms with Gasteiger partial charge in [0.2, 0.25) is 29.5 Å². The summed E-state index contributed by atoms with van der Waals surface area (Å²) < 4.78 is 0. The van der Waals surface area contributed by atoms with Crippen LogP contribution in [0.15, 0.2) is 22.5 Å². The van der Waals surface area contributed by atoms with Gasteiger partial charge in [-0.15, -0.1) is 0 Å². The number of likely N-dealkylation sites (tertiary alicyclic amines) is 1. The molecule has 0 aromatic carbocycles. The number of aliphatic imine (C=N–C) groups is 2. The quantitative estimate of drug-likeness (QED) is 0.0349. The van der Waals surface area contributed by atoms with Gasteiger partial charge in [-0.25, -0.2) is 9.78 Å². The Morgan fingerprint density at radius 3 is 2.12 bits per heavy atom. The Morgan fingerprint density at radius 2 is 1.56 bits per heavy atom. The lowest BCUT2D eigenvalue weighted by atomic mass is 10.1. The molecule has 266 valence electrons. The van der Waals surface area contributed by atoms with Crippen molar-refractivity contribution in [2.75, 3.05) is 32.7 Å². The molecule has 1 fully saturated rings. The molecule has 5 amide bonds. The highest BCUT2D eigenvalue weighted by molar-refractivity contribution is 5.95. The average molecular weight is 679 g/mol. The third-order valence-corrected chi connectivity index (χ3v) is 7.22. The minimum Gasteiger partial charge on any atom is -0.480 e. The number of imidazole rings is 1. The molecule has 21 heteroatoms. The molecule has 48 heavy (non-hydrogen) atoms. The third kappa shape index (κ3) is 13.5. The minimum atomic E-state index is -1.30. The van der Waals surface area contributed by atoms with Crippen LogP contribution in [0, 0.1) is 0 Å². The van der Waals surface area contributed by atoms with E-state index in [0.717, 1.165) is 0 Å². The first-order valence-electron chi connectivity index (χ1n) is 15.3. The number of aliphatic carboxylic acids is 1. The van der Waals surface area contributed by atoms with Gasteiger partial charge in [0.25, 0.3) is 0 Å². The monoisotopic (exact) mass is 678 g/mol. The van der Waals surface area contributed by atoms with Gasteiger partial charge < -0.3 is 64.9 Å². The number of hydrogen-bond donors (Lipinski definition) is 11. The lowest BCUT2D eigenvalue weighted by Gasteiger charge is -2.28. The lowest BCUT2D eigenvalue weighted by Crippen LogP contribution is -2.56. The molecule has 1 aromatic heterocycles. The van der Waals surface area contributed by atoms with Crippen molar-refractivity contribution in [2.45, 2.75) is 69.1 Å². The van der Waals surface area contributed by atoms with Crippen LogP contribution in [0.1, 0.15) is 44.2 Å². The molecule has 1 aliphatic heterocycles. The van der Waals surface area contributed by atoms with Crippen molar-refractivity contribution in [1.29, 1.82) is 0 Å². The molecule has 21 nitrogen and oxygen atoms in total. The number of carboxylic acids is 1. The molecule has 0 aliphatic carbocycles. The van der Waals surface area contributed by atoms with Crippen LogP contribution in [0.25, 0.3) is 0 Å². The minimum absolute atomic E-state index is 0.0117. The van der Waals surface area contributed by atoms with E-state index in [0.29, 0.717) is 18.5 Å². The Hall–Kier alpha value is -5.47. The van der Waals surface area contributed by atoms with Crippen LogP contribution >= 0.6 is 0 Å². The van der Waals surface area contributed by atoms with E-state index in [9.17, 15) is 33.9 Å². The zero-order chi connectivity index (χ0) is 35.6. The highest BCUT2D eigenvalue weighted by Gasteiger charge is 2.38. The molecular weight excluding hydrogens is 632 g/mol. The highest BCUT2D eigenvalue weighted by Crippen LogP contribution is 2.19. The van der Waals surface area contributed by atoms with Gasteiger partial charge in [-0.3, -0.25) is 34.0 Å². The summed E-state index contributed by atoms with van der Waals surface area (Å²) in [6.45, 7) is -0.349. The van der Waals surface area contributed by atoms with E-state index in [1.165, 1.54) is 17.4 Å². The second-order valence-electron chi connectivity index (χ2n) is 10.9. The van der Waals surface area contributed by atoms with E-state index >= 15 is 0 Å². The summed E-state index contributed by atoms with van der Waals surface area (Å²) in [5.74, 6) is -4.79. The maximum atomic E-state index is 13.5. The van der Waals surface area contributed by atoms with E-state index in [2.05, 4.69) is 41.2 Å². The van der Waals surface area contributed by atoms with Crippen LogP contribution in [-0.4, -0.2) is 124 Å². The Bertz CT molecular complexity index is 1310. The van der Waals surface area contributed by atoms with Crippen LogP contribution in [0.4, 0.5) is 0 Å². The Balaban J connectivity index is 2.04. The van der Waals surface area contributed by atoms with E-state index in [-0.39, 0.29) is 70.2 Å². The molecule has 4 atom stereocenters. The van der Waals surface area contributed by atoms with Crippen molar-refractivity contribution in [1.82, 2.24) is 36.1 Å². The summed E-state index contributed by atoms with van der Waals surface area (Å²) in [5.41, 5.74) is 27.3. The van der Waals surface area contributed by atoms with Gasteiger partial charge in [-0.1, -0.05) is 0 Å². The number of aromatic amines is 1. The summed E-state index contributed by atoms with van der Waals surface area (Å²) in [6, 6.07) is -4.42. The maximum absolute atomic E-state index is 13.5. The number of amides is 5. The first-order chi connectivity index (χ1) is 22.8. The molecule has 0 spiro atoms. The lowest BCUT2D eigenvalue weighted by molar-refractivity contribution is -0.142. The summed E-state index contributed by atoms with van der Waals surface area (Å²) in [5, 5.41) is 19.6. The van der Waals surface area contributed by atoms with Gasteiger partial charge >= 0.3 is 5.97 Å². The van der Waals surface area contributed by atoms with Crippen molar-refractivity contribution in [3.05, 3.63) is 18.2 Å². The topological polar surface area (TPSA) is 358 Å². The number of nitrogens with two attached hydrogens (primary N) is 5. The normalized spacial score (nSPS) is 15.7. The van der Waals surface area contributed by atoms with Crippen molar-refractivity contribution in [2.24, 2.45) is 38.7 Å².